The Kier molecular flexibility index (Phi) is 2.45. The van der Waals surface area contributed by atoms with Crippen LogP contribution in [-0.4, -0.2) is 36.9 Å². The van der Waals surface area contributed by atoms with Crippen LogP contribution in [0.2, 0.25) is 0 Å². The van der Waals surface area contributed by atoms with Crippen molar-refractivity contribution in [1.29, 1.82) is 0 Å². The van der Waals surface area contributed by atoms with Crippen LogP contribution in [0.4, 0.5) is 0 Å². The van der Waals surface area contributed by atoms with Crippen LogP contribution < -0.4 is 5.43 Å². The number of nitrogens with one attached hydrogen (secondary N) is 1. The third kappa shape index (κ3) is 1.93. The molecule has 0 aromatic carbocycles. The lowest BCUT2D eigenvalue weighted by Gasteiger charge is -2.28. The van der Waals surface area contributed by atoms with E-state index in [1.54, 1.807) is 0 Å². The first kappa shape index (κ1) is 6.99. The summed E-state index contributed by atoms with van der Waals surface area (Å²) < 4.78 is 0. The van der Waals surface area contributed by atoms with Gasteiger partial charge in [-0.3, -0.25) is 5.43 Å². The molecule has 54 valence electrons. The SMILES string of the molecule is CN1CCC(CO)CN1. The van der Waals surface area contributed by atoms with Gasteiger partial charge in [0.1, 0.15) is 0 Å². The molecule has 1 fully saturated rings. The molecule has 0 bridgehead atoms. The molecule has 1 atom stereocenters. The quantitative estimate of drug-likeness (QED) is 0.499. The fourth-order valence-corrected chi connectivity index (χ4v) is 0.998. The van der Waals surface area contributed by atoms with Crippen LogP contribution in [0, 0.1) is 5.92 Å². The maximum atomic E-state index is 8.72. The lowest BCUT2D eigenvalue weighted by Crippen LogP contribution is -2.45. The van der Waals surface area contributed by atoms with Gasteiger partial charge in [0.2, 0.25) is 0 Å². The van der Waals surface area contributed by atoms with Crippen molar-refractivity contribution in [3.8, 4) is 0 Å². The van der Waals surface area contributed by atoms with Crippen LogP contribution >= 0.6 is 0 Å². The standard InChI is InChI=1S/C6H14N2O/c1-8-3-2-6(5-9)4-7-8/h6-7,9H,2-5H2,1H3. The predicted octanol–water partition coefficient (Wildman–Crippen LogP) is -0.565. The van der Waals surface area contributed by atoms with Crippen LogP contribution in [0.1, 0.15) is 6.42 Å². The zero-order valence-electron chi connectivity index (χ0n) is 5.80. The summed E-state index contributed by atoms with van der Waals surface area (Å²) in [5.41, 5.74) is 3.16. The molecule has 0 aromatic heterocycles. The Labute approximate surface area is 55.6 Å². The minimum atomic E-state index is 0.320. The third-order valence-electron chi connectivity index (χ3n) is 1.78. The molecule has 1 saturated heterocycles. The number of aliphatic hydroxyl groups is 1. The summed E-state index contributed by atoms with van der Waals surface area (Å²) in [6, 6.07) is 0. The number of hydrogen-bond donors (Lipinski definition) is 2. The van der Waals surface area contributed by atoms with E-state index in [0.29, 0.717) is 12.5 Å². The number of rotatable bonds is 1. The number of nitrogens with zero attached hydrogens (tertiary/aromatic N) is 1. The van der Waals surface area contributed by atoms with Crippen LogP contribution in [-0.2, 0) is 0 Å². The van der Waals surface area contributed by atoms with Gasteiger partial charge < -0.3 is 5.11 Å². The molecule has 3 nitrogen and oxygen atoms in total. The molecule has 1 unspecified atom stereocenters. The minimum absolute atomic E-state index is 0.320. The van der Waals surface area contributed by atoms with Gasteiger partial charge in [0.05, 0.1) is 0 Å². The molecule has 0 spiro atoms. The van der Waals surface area contributed by atoms with Crippen LogP contribution in [0.25, 0.3) is 0 Å². The largest absolute Gasteiger partial charge is 0.396 e. The van der Waals surface area contributed by atoms with E-state index in [1.165, 1.54) is 0 Å². The van der Waals surface area contributed by atoms with Crippen molar-refractivity contribution in [3.63, 3.8) is 0 Å². The molecular formula is C6H14N2O. The molecule has 0 radical (unpaired) electrons. The van der Waals surface area contributed by atoms with Crippen molar-refractivity contribution in [2.45, 2.75) is 6.42 Å². The van der Waals surface area contributed by atoms with Gasteiger partial charge in [-0.05, 0) is 12.3 Å². The minimum Gasteiger partial charge on any atom is -0.396 e. The van der Waals surface area contributed by atoms with E-state index in [9.17, 15) is 0 Å². The van der Waals surface area contributed by atoms with Crippen LogP contribution in [0.5, 0.6) is 0 Å². The first-order valence-electron chi connectivity index (χ1n) is 3.38. The molecule has 2 N–H and O–H groups in total. The highest BCUT2D eigenvalue weighted by Gasteiger charge is 2.13. The fourth-order valence-electron chi connectivity index (χ4n) is 0.998. The molecule has 0 saturated carbocycles. The summed E-state index contributed by atoms with van der Waals surface area (Å²) in [6.45, 7) is 2.29. The Morgan fingerprint density at radius 1 is 1.78 bits per heavy atom. The number of hydrazine groups is 1. The monoisotopic (exact) mass is 130 g/mol. The summed E-state index contributed by atoms with van der Waals surface area (Å²) in [7, 11) is 2.02. The van der Waals surface area contributed by atoms with Crippen molar-refractivity contribution < 1.29 is 5.11 Å². The lowest BCUT2D eigenvalue weighted by atomic mass is 10.1. The molecule has 1 heterocycles. The van der Waals surface area contributed by atoms with Crippen molar-refractivity contribution in [2.24, 2.45) is 5.92 Å². The third-order valence-corrected chi connectivity index (χ3v) is 1.78. The zero-order valence-corrected chi connectivity index (χ0v) is 5.80. The molecular weight excluding hydrogens is 116 g/mol. The van der Waals surface area contributed by atoms with E-state index in [4.69, 9.17) is 5.11 Å². The first-order chi connectivity index (χ1) is 4.33. The maximum absolute atomic E-state index is 8.72. The molecule has 0 amide bonds. The lowest BCUT2D eigenvalue weighted by molar-refractivity contribution is 0.112. The van der Waals surface area contributed by atoms with Crippen molar-refractivity contribution in [2.75, 3.05) is 26.7 Å². The second-order valence-electron chi connectivity index (χ2n) is 2.62. The van der Waals surface area contributed by atoms with E-state index in [0.717, 1.165) is 19.5 Å². The predicted molar refractivity (Wildman–Crippen MR) is 35.8 cm³/mol. The molecule has 1 aliphatic rings. The van der Waals surface area contributed by atoms with Gasteiger partial charge in [-0.15, -0.1) is 0 Å². The van der Waals surface area contributed by atoms with E-state index in [-0.39, 0.29) is 0 Å². The van der Waals surface area contributed by atoms with E-state index < -0.39 is 0 Å². The topological polar surface area (TPSA) is 35.5 Å². The van der Waals surface area contributed by atoms with Crippen molar-refractivity contribution >= 4 is 0 Å². The summed E-state index contributed by atoms with van der Waals surface area (Å²) in [5, 5.41) is 10.8. The number of hydrogen-bond acceptors (Lipinski definition) is 3. The van der Waals surface area contributed by atoms with Gasteiger partial charge in [-0.1, -0.05) is 0 Å². The van der Waals surface area contributed by atoms with Gasteiger partial charge in [0, 0.05) is 26.7 Å². The zero-order chi connectivity index (χ0) is 6.69. The van der Waals surface area contributed by atoms with Gasteiger partial charge in [-0.25, -0.2) is 5.01 Å². The Bertz CT molecular complexity index is 79.1. The van der Waals surface area contributed by atoms with Gasteiger partial charge in [0.15, 0.2) is 0 Å². The summed E-state index contributed by atoms with van der Waals surface area (Å²) in [4.78, 5) is 0. The van der Waals surface area contributed by atoms with E-state index in [1.807, 2.05) is 7.05 Å². The first-order valence-corrected chi connectivity index (χ1v) is 3.38. The normalized spacial score (nSPS) is 30.7. The Hall–Kier alpha value is -0.120. The molecule has 9 heavy (non-hydrogen) atoms. The van der Waals surface area contributed by atoms with Gasteiger partial charge in [0.25, 0.3) is 0 Å². The molecule has 3 heteroatoms. The Balaban J connectivity index is 2.18. The second-order valence-corrected chi connectivity index (χ2v) is 2.62. The molecule has 0 aromatic rings. The smallest absolute Gasteiger partial charge is 0.0472 e. The molecule has 1 aliphatic heterocycles. The number of aliphatic hydroxyl groups excluding tert-OH is 1. The van der Waals surface area contributed by atoms with E-state index in [2.05, 4.69) is 10.4 Å². The summed E-state index contributed by atoms with van der Waals surface area (Å²) >= 11 is 0. The van der Waals surface area contributed by atoms with Crippen molar-refractivity contribution in [3.05, 3.63) is 0 Å². The van der Waals surface area contributed by atoms with E-state index >= 15 is 0 Å². The average Bonchev–Trinajstić information content (AvgIpc) is 1.90. The average molecular weight is 130 g/mol. The Morgan fingerprint density at radius 2 is 2.56 bits per heavy atom. The van der Waals surface area contributed by atoms with Gasteiger partial charge in [-0.2, -0.15) is 0 Å². The highest BCUT2D eigenvalue weighted by Crippen LogP contribution is 2.05. The Morgan fingerprint density at radius 3 is 3.00 bits per heavy atom. The van der Waals surface area contributed by atoms with Gasteiger partial charge >= 0.3 is 0 Å². The van der Waals surface area contributed by atoms with Crippen LogP contribution in [0.15, 0.2) is 0 Å². The summed E-state index contributed by atoms with van der Waals surface area (Å²) in [6.07, 6.45) is 1.11. The highest BCUT2D eigenvalue weighted by atomic mass is 16.3. The maximum Gasteiger partial charge on any atom is 0.0472 e. The van der Waals surface area contributed by atoms with Crippen molar-refractivity contribution in [1.82, 2.24) is 10.4 Å². The highest BCUT2D eigenvalue weighted by molar-refractivity contribution is 4.66. The molecule has 0 aliphatic carbocycles. The second kappa shape index (κ2) is 3.15. The summed E-state index contributed by atoms with van der Waals surface area (Å²) in [5.74, 6) is 0.473. The van der Waals surface area contributed by atoms with Crippen LogP contribution in [0.3, 0.4) is 0 Å². The molecule has 1 rings (SSSR count). The fraction of sp³-hybridized carbons (Fsp3) is 1.00.